The summed E-state index contributed by atoms with van der Waals surface area (Å²) in [6.45, 7) is 0.550. The van der Waals surface area contributed by atoms with Gasteiger partial charge in [0, 0.05) is 19.4 Å². The van der Waals surface area contributed by atoms with Crippen molar-refractivity contribution in [2.45, 2.75) is 6.61 Å². The Hall–Kier alpha value is -1.84. The Morgan fingerprint density at radius 3 is 2.79 bits per heavy atom. The summed E-state index contributed by atoms with van der Waals surface area (Å²) in [5, 5.41) is 4.01. The third-order valence-electron chi connectivity index (χ3n) is 1.84. The van der Waals surface area contributed by atoms with Gasteiger partial charge in [-0.2, -0.15) is 5.10 Å². The normalized spacial score (nSPS) is 10.1. The quantitative estimate of drug-likeness (QED) is 0.732. The number of pyridine rings is 1. The molecule has 0 bridgehead atoms. The third kappa shape index (κ3) is 2.10. The molecule has 2 aromatic heterocycles. The topological polar surface area (TPSA) is 39.9 Å². The number of rotatable bonds is 3. The first-order valence-corrected chi connectivity index (χ1v) is 4.35. The fraction of sp³-hybridized carbons (Fsp3) is 0.200. The Morgan fingerprint density at radius 1 is 1.36 bits per heavy atom. The number of aryl methyl sites for hydroxylation is 1. The molecule has 0 unspecified atom stereocenters. The standard InChI is InChI=1S/C10H11N3O/c1-13-7-10(6-12-13)14-8-9-2-4-11-5-3-9/h2-7H,8H2,1H3. The van der Waals surface area contributed by atoms with Crippen LogP contribution in [0.1, 0.15) is 5.56 Å². The molecule has 0 radical (unpaired) electrons. The highest BCUT2D eigenvalue weighted by Crippen LogP contribution is 2.09. The van der Waals surface area contributed by atoms with E-state index in [0.717, 1.165) is 11.3 Å². The number of nitrogens with zero attached hydrogens (tertiary/aromatic N) is 3. The van der Waals surface area contributed by atoms with E-state index < -0.39 is 0 Å². The van der Waals surface area contributed by atoms with E-state index in [9.17, 15) is 0 Å². The maximum Gasteiger partial charge on any atom is 0.157 e. The highest BCUT2D eigenvalue weighted by molar-refractivity contribution is 5.14. The zero-order valence-corrected chi connectivity index (χ0v) is 7.92. The summed E-state index contributed by atoms with van der Waals surface area (Å²) >= 11 is 0. The summed E-state index contributed by atoms with van der Waals surface area (Å²) in [7, 11) is 1.86. The first kappa shape index (κ1) is 8.74. The van der Waals surface area contributed by atoms with E-state index in [2.05, 4.69) is 10.1 Å². The van der Waals surface area contributed by atoms with Crippen molar-refractivity contribution >= 4 is 0 Å². The molecule has 0 saturated carbocycles. The van der Waals surface area contributed by atoms with Crippen LogP contribution in [0.15, 0.2) is 36.9 Å². The Morgan fingerprint density at radius 2 is 2.14 bits per heavy atom. The zero-order chi connectivity index (χ0) is 9.80. The van der Waals surface area contributed by atoms with Crippen LogP contribution in [0.25, 0.3) is 0 Å². The molecule has 0 atom stereocenters. The lowest BCUT2D eigenvalue weighted by molar-refractivity contribution is 0.306. The molecule has 0 aliphatic carbocycles. The minimum absolute atomic E-state index is 0.550. The summed E-state index contributed by atoms with van der Waals surface area (Å²) in [4.78, 5) is 3.93. The molecular formula is C10H11N3O. The fourth-order valence-electron chi connectivity index (χ4n) is 1.12. The van der Waals surface area contributed by atoms with E-state index >= 15 is 0 Å². The van der Waals surface area contributed by atoms with Gasteiger partial charge in [-0.1, -0.05) is 0 Å². The largest absolute Gasteiger partial charge is 0.486 e. The predicted octanol–water partition coefficient (Wildman–Crippen LogP) is 1.39. The minimum Gasteiger partial charge on any atom is -0.486 e. The predicted molar refractivity (Wildman–Crippen MR) is 51.8 cm³/mol. The van der Waals surface area contributed by atoms with Crippen LogP contribution in [0.4, 0.5) is 0 Å². The van der Waals surface area contributed by atoms with Crippen LogP contribution in [0, 0.1) is 0 Å². The molecule has 0 aromatic carbocycles. The number of aromatic nitrogens is 3. The van der Waals surface area contributed by atoms with E-state index in [1.165, 1.54) is 0 Å². The molecule has 4 nitrogen and oxygen atoms in total. The average molecular weight is 189 g/mol. The Bertz CT molecular complexity index is 397. The Labute approximate surface area is 82.2 Å². The summed E-state index contributed by atoms with van der Waals surface area (Å²) in [5.41, 5.74) is 1.10. The second-order valence-electron chi connectivity index (χ2n) is 2.99. The lowest BCUT2D eigenvalue weighted by Gasteiger charge is -2.01. The lowest BCUT2D eigenvalue weighted by Crippen LogP contribution is -1.94. The smallest absolute Gasteiger partial charge is 0.157 e. The van der Waals surface area contributed by atoms with Crippen LogP contribution < -0.4 is 4.74 Å². The summed E-state index contributed by atoms with van der Waals surface area (Å²) in [6, 6.07) is 3.85. The van der Waals surface area contributed by atoms with Gasteiger partial charge in [0.2, 0.25) is 0 Å². The fourth-order valence-corrected chi connectivity index (χ4v) is 1.12. The molecule has 0 amide bonds. The van der Waals surface area contributed by atoms with Gasteiger partial charge in [-0.15, -0.1) is 0 Å². The Balaban J connectivity index is 1.95. The second kappa shape index (κ2) is 3.91. The van der Waals surface area contributed by atoms with Gasteiger partial charge in [-0.05, 0) is 17.7 Å². The van der Waals surface area contributed by atoms with Crippen molar-refractivity contribution in [3.63, 3.8) is 0 Å². The number of ether oxygens (including phenoxy) is 1. The number of hydrogen-bond donors (Lipinski definition) is 0. The van der Waals surface area contributed by atoms with Crippen molar-refractivity contribution in [2.75, 3.05) is 0 Å². The van der Waals surface area contributed by atoms with E-state index in [1.807, 2.05) is 25.4 Å². The van der Waals surface area contributed by atoms with Crippen molar-refractivity contribution in [3.05, 3.63) is 42.5 Å². The van der Waals surface area contributed by atoms with Gasteiger partial charge in [0.25, 0.3) is 0 Å². The van der Waals surface area contributed by atoms with E-state index in [4.69, 9.17) is 4.74 Å². The molecule has 0 aliphatic rings. The monoisotopic (exact) mass is 189 g/mol. The molecule has 0 saturated heterocycles. The van der Waals surface area contributed by atoms with Gasteiger partial charge in [0.1, 0.15) is 6.61 Å². The Kier molecular flexibility index (Phi) is 2.44. The van der Waals surface area contributed by atoms with Crippen molar-refractivity contribution in [1.82, 2.24) is 14.8 Å². The van der Waals surface area contributed by atoms with E-state index in [0.29, 0.717) is 6.61 Å². The van der Waals surface area contributed by atoms with Gasteiger partial charge >= 0.3 is 0 Å². The first-order valence-electron chi connectivity index (χ1n) is 4.35. The van der Waals surface area contributed by atoms with Gasteiger partial charge in [0.15, 0.2) is 5.75 Å². The van der Waals surface area contributed by atoms with Crippen LogP contribution in [-0.2, 0) is 13.7 Å². The van der Waals surface area contributed by atoms with Crippen molar-refractivity contribution in [2.24, 2.45) is 7.05 Å². The van der Waals surface area contributed by atoms with Crippen molar-refractivity contribution < 1.29 is 4.74 Å². The summed E-state index contributed by atoms with van der Waals surface area (Å²) < 4.78 is 7.21. The van der Waals surface area contributed by atoms with Gasteiger partial charge in [-0.25, -0.2) is 0 Å². The molecule has 14 heavy (non-hydrogen) atoms. The molecule has 72 valence electrons. The van der Waals surface area contributed by atoms with Crippen LogP contribution in [-0.4, -0.2) is 14.8 Å². The maximum absolute atomic E-state index is 5.50. The maximum atomic E-state index is 5.50. The van der Waals surface area contributed by atoms with Crippen LogP contribution in [0.2, 0.25) is 0 Å². The molecule has 2 rings (SSSR count). The van der Waals surface area contributed by atoms with Crippen LogP contribution >= 0.6 is 0 Å². The average Bonchev–Trinajstić information content (AvgIpc) is 2.63. The van der Waals surface area contributed by atoms with Gasteiger partial charge < -0.3 is 4.74 Å². The summed E-state index contributed by atoms with van der Waals surface area (Å²) in [6.07, 6.45) is 7.03. The molecule has 2 heterocycles. The number of hydrogen-bond acceptors (Lipinski definition) is 3. The van der Waals surface area contributed by atoms with Gasteiger partial charge in [-0.3, -0.25) is 9.67 Å². The van der Waals surface area contributed by atoms with Crippen LogP contribution in [0.5, 0.6) is 5.75 Å². The lowest BCUT2D eigenvalue weighted by atomic mass is 10.3. The zero-order valence-electron chi connectivity index (χ0n) is 7.92. The van der Waals surface area contributed by atoms with E-state index in [-0.39, 0.29) is 0 Å². The highest BCUT2D eigenvalue weighted by Gasteiger charge is 1.97. The minimum atomic E-state index is 0.550. The van der Waals surface area contributed by atoms with E-state index in [1.54, 1.807) is 23.3 Å². The molecule has 0 aliphatic heterocycles. The molecule has 0 N–H and O–H groups in total. The van der Waals surface area contributed by atoms with Crippen molar-refractivity contribution in [3.8, 4) is 5.75 Å². The third-order valence-corrected chi connectivity index (χ3v) is 1.84. The van der Waals surface area contributed by atoms with Gasteiger partial charge in [0.05, 0.1) is 12.4 Å². The molecule has 0 fully saturated rings. The SMILES string of the molecule is Cn1cc(OCc2ccncc2)cn1. The molecule has 0 spiro atoms. The van der Waals surface area contributed by atoms with Crippen LogP contribution in [0.3, 0.4) is 0 Å². The first-order chi connectivity index (χ1) is 6.84. The van der Waals surface area contributed by atoms with Crippen molar-refractivity contribution in [1.29, 1.82) is 0 Å². The molecule has 4 heteroatoms. The second-order valence-corrected chi connectivity index (χ2v) is 2.99. The summed E-state index contributed by atoms with van der Waals surface area (Å²) in [5.74, 6) is 0.782. The molecule has 2 aromatic rings. The highest BCUT2D eigenvalue weighted by atomic mass is 16.5. The molecular weight excluding hydrogens is 178 g/mol.